The molecule has 0 bridgehead atoms. The van der Waals surface area contributed by atoms with E-state index in [1.54, 1.807) is 0 Å². The fourth-order valence-corrected chi connectivity index (χ4v) is 3.62. The molecule has 1 aliphatic heterocycles. The number of rotatable bonds is 5. The van der Waals surface area contributed by atoms with E-state index in [0.29, 0.717) is 16.8 Å². The fourth-order valence-electron chi connectivity index (χ4n) is 2.89. The second kappa shape index (κ2) is 7.50. The summed E-state index contributed by atoms with van der Waals surface area (Å²) < 4.78 is 1.34. The minimum atomic E-state index is 0.149. The molecule has 7 heteroatoms. The first-order valence-corrected chi connectivity index (χ1v) is 8.80. The van der Waals surface area contributed by atoms with Crippen LogP contribution in [0.25, 0.3) is 0 Å². The van der Waals surface area contributed by atoms with Crippen molar-refractivity contribution in [1.82, 2.24) is 19.8 Å². The normalized spacial score (nSPS) is 15.7. The summed E-state index contributed by atoms with van der Waals surface area (Å²) in [5.41, 5.74) is 1.38. The van der Waals surface area contributed by atoms with Crippen molar-refractivity contribution in [3.05, 3.63) is 42.2 Å². The third-order valence-corrected chi connectivity index (χ3v) is 5.14. The largest absolute Gasteiger partial charge is 0.342 e. The van der Waals surface area contributed by atoms with E-state index in [1.165, 1.54) is 28.3 Å². The van der Waals surface area contributed by atoms with Crippen LogP contribution in [-0.4, -0.2) is 44.5 Å². The van der Waals surface area contributed by atoms with Gasteiger partial charge in [-0.05, 0) is 30.7 Å². The molecule has 0 radical (unpaired) electrons. The summed E-state index contributed by atoms with van der Waals surface area (Å²) >= 11 is 1.33. The molecule has 1 amide bonds. The average Bonchev–Trinajstić information content (AvgIpc) is 2.99. The van der Waals surface area contributed by atoms with E-state index >= 15 is 0 Å². The monoisotopic (exact) mass is 331 g/mol. The molecule has 0 aliphatic carbocycles. The summed E-state index contributed by atoms with van der Waals surface area (Å²) in [6, 6.07) is 10.6. The molecule has 2 N–H and O–H groups in total. The van der Waals surface area contributed by atoms with Crippen LogP contribution in [0.1, 0.15) is 18.4 Å². The summed E-state index contributed by atoms with van der Waals surface area (Å²) in [4.78, 5) is 14.2. The van der Waals surface area contributed by atoms with Crippen LogP contribution in [-0.2, 0) is 11.2 Å². The van der Waals surface area contributed by atoms with Gasteiger partial charge in [-0.25, -0.2) is 4.68 Å². The van der Waals surface area contributed by atoms with Crippen LogP contribution >= 0.6 is 11.8 Å². The van der Waals surface area contributed by atoms with Gasteiger partial charge in [0.15, 0.2) is 0 Å². The smallest absolute Gasteiger partial charge is 0.233 e. The molecule has 1 aromatic carbocycles. The molecule has 2 heterocycles. The Morgan fingerprint density at radius 3 is 2.65 bits per heavy atom. The number of hydrogen-bond acceptors (Lipinski definition) is 5. The van der Waals surface area contributed by atoms with Gasteiger partial charge in [-0.2, -0.15) is 0 Å². The fraction of sp³-hybridized carbons (Fsp3) is 0.438. The first-order valence-electron chi connectivity index (χ1n) is 7.82. The molecule has 23 heavy (non-hydrogen) atoms. The van der Waals surface area contributed by atoms with Gasteiger partial charge in [0.1, 0.15) is 6.33 Å². The Bertz CT molecular complexity index is 637. The van der Waals surface area contributed by atoms with Crippen molar-refractivity contribution in [2.75, 3.05) is 24.7 Å². The zero-order valence-corrected chi connectivity index (χ0v) is 13.8. The summed E-state index contributed by atoms with van der Waals surface area (Å²) in [6.07, 6.45) is 4.67. The van der Waals surface area contributed by atoms with Gasteiger partial charge in [0.05, 0.1) is 5.75 Å². The third-order valence-electron chi connectivity index (χ3n) is 4.20. The highest BCUT2D eigenvalue weighted by atomic mass is 32.2. The Hall–Kier alpha value is -2.02. The van der Waals surface area contributed by atoms with Crippen LogP contribution in [0.3, 0.4) is 0 Å². The molecule has 1 saturated heterocycles. The maximum absolute atomic E-state index is 12.3. The minimum absolute atomic E-state index is 0.149. The zero-order valence-electron chi connectivity index (χ0n) is 13.0. The molecule has 1 aromatic heterocycles. The highest BCUT2D eigenvalue weighted by Crippen LogP contribution is 2.22. The van der Waals surface area contributed by atoms with Gasteiger partial charge in [-0.3, -0.25) is 4.79 Å². The van der Waals surface area contributed by atoms with E-state index in [2.05, 4.69) is 34.5 Å². The van der Waals surface area contributed by atoms with Crippen molar-refractivity contribution in [2.45, 2.75) is 24.4 Å². The summed E-state index contributed by atoms with van der Waals surface area (Å²) in [5, 5.41) is 8.14. The lowest BCUT2D eigenvalue weighted by molar-refractivity contribution is -0.129. The molecular weight excluding hydrogens is 310 g/mol. The number of benzene rings is 1. The Labute approximate surface area is 140 Å². The van der Waals surface area contributed by atoms with E-state index in [0.717, 1.165) is 32.4 Å². The molecule has 0 saturated carbocycles. The molecule has 0 spiro atoms. The molecule has 3 rings (SSSR count). The number of nitrogens with zero attached hydrogens (tertiary/aromatic N) is 4. The molecular formula is C16H21N5OS. The molecule has 6 nitrogen and oxygen atoms in total. The first kappa shape index (κ1) is 15.9. The molecule has 0 unspecified atom stereocenters. The number of carbonyl (C=O) groups excluding carboxylic acids is 1. The van der Waals surface area contributed by atoms with E-state index < -0.39 is 0 Å². The summed E-state index contributed by atoms with van der Waals surface area (Å²) in [7, 11) is 0. The van der Waals surface area contributed by atoms with Crippen LogP contribution < -0.4 is 5.84 Å². The van der Waals surface area contributed by atoms with Gasteiger partial charge in [0, 0.05) is 13.1 Å². The second-order valence-corrected chi connectivity index (χ2v) is 6.77. The van der Waals surface area contributed by atoms with Crippen LogP contribution in [0.4, 0.5) is 0 Å². The van der Waals surface area contributed by atoms with Gasteiger partial charge in [0.2, 0.25) is 11.1 Å². The number of carbonyl (C=O) groups is 1. The summed E-state index contributed by atoms with van der Waals surface area (Å²) in [5.74, 6) is 6.82. The number of likely N-dealkylation sites (tertiary alicyclic amines) is 1. The van der Waals surface area contributed by atoms with Gasteiger partial charge >= 0.3 is 0 Å². The van der Waals surface area contributed by atoms with Gasteiger partial charge in [-0.15, -0.1) is 10.2 Å². The Balaban J connectivity index is 1.43. The quantitative estimate of drug-likeness (QED) is 0.665. The SMILES string of the molecule is Nn1cnnc1SCC(=O)N1CCC(Cc2ccccc2)CC1. The predicted molar refractivity (Wildman–Crippen MR) is 90.3 cm³/mol. The maximum Gasteiger partial charge on any atom is 0.233 e. The molecule has 1 aliphatic rings. The highest BCUT2D eigenvalue weighted by Gasteiger charge is 2.23. The maximum atomic E-state index is 12.3. The van der Waals surface area contributed by atoms with Crippen molar-refractivity contribution in [3.8, 4) is 0 Å². The van der Waals surface area contributed by atoms with E-state index in [4.69, 9.17) is 5.84 Å². The van der Waals surface area contributed by atoms with Crippen molar-refractivity contribution in [3.63, 3.8) is 0 Å². The zero-order chi connectivity index (χ0) is 16.1. The van der Waals surface area contributed by atoms with Gasteiger partial charge in [0.25, 0.3) is 0 Å². The second-order valence-electron chi connectivity index (χ2n) is 5.82. The average molecular weight is 331 g/mol. The van der Waals surface area contributed by atoms with Crippen molar-refractivity contribution >= 4 is 17.7 Å². The van der Waals surface area contributed by atoms with Crippen LogP contribution in [0.5, 0.6) is 0 Å². The van der Waals surface area contributed by atoms with Crippen molar-refractivity contribution in [1.29, 1.82) is 0 Å². The Morgan fingerprint density at radius 2 is 2.00 bits per heavy atom. The number of piperidine rings is 1. The number of hydrogen-bond donors (Lipinski definition) is 1. The standard InChI is InChI=1S/C16H21N5OS/c17-21-12-18-19-16(21)23-11-15(22)20-8-6-14(7-9-20)10-13-4-2-1-3-5-13/h1-5,12,14H,6-11,17H2. The van der Waals surface area contributed by atoms with E-state index in [1.807, 2.05) is 11.0 Å². The number of thioether (sulfide) groups is 1. The number of nitrogens with two attached hydrogens (primary N) is 1. The number of nitrogen functional groups attached to an aromatic ring is 1. The van der Waals surface area contributed by atoms with Crippen LogP contribution in [0, 0.1) is 5.92 Å². The molecule has 122 valence electrons. The van der Waals surface area contributed by atoms with E-state index in [9.17, 15) is 4.79 Å². The van der Waals surface area contributed by atoms with Gasteiger partial charge < -0.3 is 10.7 Å². The lowest BCUT2D eigenvalue weighted by Crippen LogP contribution is -2.39. The van der Waals surface area contributed by atoms with Crippen molar-refractivity contribution < 1.29 is 4.79 Å². The predicted octanol–water partition coefficient (Wildman–Crippen LogP) is 1.57. The Morgan fingerprint density at radius 1 is 1.26 bits per heavy atom. The molecule has 0 atom stereocenters. The molecule has 1 fully saturated rings. The van der Waals surface area contributed by atoms with Crippen molar-refractivity contribution in [2.24, 2.45) is 5.92 Å². The topological polar surface area (TPSA) is 77.0 Å². The summed E-state index contributed by atoms with van der Waals surface area (Å²) in [6.45, 7) is 1.68. The highest BCUT2D eigenvalue weighted by molar-refractivity contribution is 7.99. The lowest BCUT2D eigenvalue weighted by atomic mass is 9.90. The minimum Gasteiger partial charge on any atom is -0.342 e. The lowest BCUT2D eigenvalue weighted by Gasteiger charge is -2.32. The Kier molecular flexibility index (Phi) is 5.17. The van der Waals surface area contributed by atoms with Gasteiger partial charge in [-0.1, -0.05) is 42.1 Å². The first-order chi connectivity index (χ1) is 11.2. The van der Waals surface area contributed by atoms with Crippen LogP contribution in [0.2, 0.25) is 0 Å². The number of amides is 1. The van der Waals surface area contributed by atoms with Crippen LogP contribution in [0.15, 0.2) is 41.8 Å². The third kappa shape index (κ3) is 4.25. The number of aromatic nitrogens is 3. The van der Waals surface area contributed by atoms with E-state index in [-0.39, 0.29) is 5.91 Å². The molecule has 2 aromatic rings.